The quantitative estimate of drug-likeness (QED) is 0.655. The Kier molecular flexibility index (Phi) is 5.21. The van der Waals surface area contributed by atoms with Gasteiger partial charge >= 0.3 is 0 Å². The second-order valence-electron chi connectivity index (χ2n) is 5.93. The summed E-state index contributed by atoms with van der Waals surface area (Å²) in [5.41, 5.74) is 2.56. The number of halogens is 1. The highest BCUT2D eigenvalue weighted by Gasteiger charge is 2.26. The standard InChI is InChI=1S/C20H18ClNO2S/c1-15-10-11-20(18(21)13-15)25(23,24)14-17(16-7-3-2-4-8-16)19-9-5-6-12-22-19/h2-13,17H,14H2,1H3. The zero-order valence-corrected chi connectivity index (χ0v) is 15.3. The van der Waals surface area contributed by atoms with E-state index in [0.29, 0.717) is 0 Å². The molecule has 0 radical (unpaired) electrons. The molecular weight excluding hydrogens is 354 g/mol. The van der Waals surface area contributed by atoms with Gasteiger partial charge in [-0.2, -0.15) is 0 Å². The van der Waals surface area contributed by atoms with Crippen LogP contribution in [0.1, 0.15) is 22.7 Å². The number of nitrogens with zero attached hydrogens (tertiary/aromatic N) is 1. The molecule has 128 valence electrons. The van der Waals surface area contributed by atoms with Crippen LogP contribution in [0.4, 0.5) is 0 Å². The second kappa shape index (κ2) is 7.38. The number of benzene rings is 2. The molecule has 0 amide bonds. The van der Waals surface area contributed by atoms with Crippen LogP contribution in [-0.4, -0.2) is 19.2 Å². The van der Waals surface area contributed by atoms with Crippen LogP contribution in [0.25, 0.3) is 0 Å². The molecule has 0 spiro atoms. The van der Waals surface area contributed by atoms with Crippen LogP contribution in [0, 0.1) is 6.92 Å². The predicted molar refractivity (Wildman–Crippen MR) is 101 cm³/mol. The van der Waals surface area contributed by atoms with Gasteiger partial charge in [-0.15, -0.1) is 0 Å². The number of pyridine rings is 1. The van der Waals surface area contributed by atoms with Gasteiger partial charge in [0, 0.05) is 17.8 Å². The Bertz CT molecular complexity index is 918. The fourth-order valence-corrected chi connectivity index (χ4v) is 4.99. The van der Waals surface area contributed by atoms with Crippen molar-refractivity contribution in [1.82, 2.24) is 4.98 Å². The average molecular weight is 372 g/mol. The third-order valence-corrected chi connectivity index (χ3v) is 6.28. The van der Waals surface area contributed by atoms with E-state index in [1.54, 1.807) is 24.4 Å². The minimum absolute atomic E-state index is 0.0865. The summed E-state index contributed by atoms with van der Waals surface area (Å²) < 4.78 is 26.0. The number of aryl methyl sites for hydroxylation is 1. The summed E-state index contributed by atoms with van der Waals surface area (Å²) in [5.74, 6) is -0.443. The van der Waals surface area contributed by atoms with Crippen molar-refractivity contribution in [2.24, 2.45) is 0 Å². The predicted octanol–water partition coefficient (Wildman–Crippen LogP) is 4.65. The number of rotatable bonds is 5. The first kappa shape index (κ1) is 17.6. The molecule has 3 aromatic rings. The van der Waals surface area contributed by atoms with Crippen LogP contribution in [0.15, 0.2) is 77.8 Å². The number of sulfone groups is 1. The molecule has 0 aliphatic rings. The normalized spacial score (nSPS) is 12.7. The van der Waals surface area contributed by atoms with Gasteiger partial charge in [0.15, 0.2) is 9.84 Å². The molecule has 0 saturated heterocycles. The van der Waals surface area contributed by atoms with E-state index in [1.807, 2.05) is 55.5 Å². The Morgan fingerprint density at radius 2 is 1.72 bits per heavy atom. The summed E-state index contributed by atoms with van der Waals surface area (Å²) in [6.45, 7) is 1.88. The van der Waals surface area contributed by atoms with Crippen LogP contribution < -0.4 is 0 Å². The highest BCUT2D eigenvalue weighted by molar-refractivity contribution is 7.91. The molecule has 1 atom stereocenters. The van der Waals surface area contributed by atoms with Crippen molar-refractivity contribution >= 4 is 21.4 Å². The monoisotopic (exact) mass is 371 g/mol. The largest absolute Gasteiger partial charge is 0.261 e. The van der Waals surface area contributed by atoms with Crippen molar-refractivity contribution in [1.29, 1.82) is 0 Å². The van der Waals surface area contributed by atoms with Gasteiger partial charge in [-0.1, -0.05) is 54.1 Å². The molecule has 0 fully saturated rings. The lowest BCUT2D eigenvalue weighted by Crippen LogP contribution is -2.17. The van der Waals surface area contributed by atoms with Crippen LogP contribution in [-0.2, 0) is 9.84 Å². The highest BCUT2D eigenvalue weighted by atomic mass is 35.5. The maximum atomic E-state index is 13.0. The molecule has 3 rings (SSSR count). The minimum Gasteiger partial charge on any atom is -0.261 e. The summed E-state index contributed by atoms with van der Waals surface area (Å²) in [5, 5.41) is 0.257. The fourth-order valence-electron chi connectivity index (χ4n) is 2.79. The number of hydrogen-bond acceptors (Lipinski definition) is 3. The lowest BCUT2D eigenvalue weighted by atomic mass is 9.97. The lowest BCUT2D eigenvalue weighted by molar-refractivity contribution is 0.591. The van der Waals surface area contributed by atoms with E-state index in [4.69, 9.17) is 11.6 Å². The summed E-state index contributed by atoms with van der Waals surface area (Å²) in [7, 11) is -3.58. The molecule has 3 nitrogen and oxygen atoms in total. The van der Waals surface area contributed by atoms with Crippen molar-refractivity contribution in [2.45, 2.75) is 17.7 Å². The van der Waals surface area contributed by atoms with Crippen molar-refractivity contribution < 1.29 is 8.42 Å². The summed E-state index contributed by atoms with van der Waals surface area (Å²) in [6, 6.07) is 20.1. The Labute approximate surface area is 153 Å². The molecule has 0 N–H and O–H groups in total. The zero-order valence-electron chi connectivity index (χ0n) is 13.8. The van der Waals surface area contributed by atoms with Gasteiger partial charge < -0.3 is 0 Å². The molecule has 0 saturated carbocycles. The van der Waals surface area contributed by atoms with E-state index >= 15 is 0 Å². The fraction of sp³-hybridized carbons (Fsp3) is 0.150. The Morgan fingerprint density at radius 1 is 1.00 bits per heavy atom. The Morgan fingerprint density at radius 3 is 2.36 bits per heavy atom. The van der Waals surface area contributed by atoms with Crippen molar-refractivity contribution in [3.63, 3.8) is 0 Å². The van der Waals surface area contributed by atoms with Gasteiger partial charge in [0.05, 0.1) is 15.7 Å². The maximum Gasteiger partial charge on any atom is 0.180 e. The van der Waals surface area contributed by atoms with Gasteiger partial charge in [0.25, 0.3) is 0 Å². The SMILES string of the molecule is Cc1ccc(S(=O)(=O)CC(c2ccccc2)c2ccccn2)c(Cl)c1. The van der Waals surface area contributed by atoms with E-state index in [-0.39, 0.29) is 21.6 Å². The Balaban J connectivity index is 2.03. The average Bonchev–Trinajstić information content (AvgIpc) is 2.61. The molecule has 0 bridgehead atoms. The van der Waals surface area contributed by atoms with E-state index < -0.39 is 9.84 Å². The molecule has 5 heteroatoms. The summed E-state index contributed by atoms with van der Waals surface area (Å²) >= 11 is 6.19. The van der Waals surface area contributed by atoms with E-state index in [1.165, 1.54) is 0 Å². The van der Waals surface area contributed by atoms with Crippen LogP contribution >= 0.6 is 11.6 Å². The van der Waals surface area contributed by atoms with E-state index in [0.717, 1.165) is 16.8 Å². The zero-order chi connectivity index (χ0) is 17.9. The third kappa shape index (κ3) is 4.09. The molecular formula is C20H18ClNO2S. The third-order valence-electron chi connectivity index (χ3n) is 4.06. The van der Waals surface area contributed by atoms with Crippen molar-refractivity contribution in [3.8, 4) is 0 Å². The van der Waals surface area contributed by atoms with Gasteiger partial charge in [-0.3, -0.25) is 4.98 Å². The highest BCUT2D eigenvalue weighted by Crippen LogP contribution is 2.30. The first-order valence-electron chi connectivity index (χ1n) is 7.92. The number of aromatic nitrogens is 1. The molecule has 2 aromatic carbocycles. The maximum absolute atomic E-state index is 13.0. The van der Waals surface area contributed by atoms with E-state index in [9.17, 15) is 8.42 Å². The first-order valence-corrected chi connectivity index (χ1v) is 9.95. The minimum atomic E-state index is -3.58. The Hall–Kier alpha value is -2.17. The molecule has 1 heterocycles. The summed E-state index contributed by atoms with van der Waals surface area (Å²) in [4.78, 5) is 4.54. The summed E-state index contributed by atoms with van der Waals surface area (Å²) in [6.07, 6.45) is 1.68. The van der Waals surface area contributed by atoms with Gasteiger partial charge in [0.2, 0.25) is 0 Å². The van der Waals surface area contributed by atoms with Crippen molar-refractivity contribution in [2.75, 3.05) is 5.75 Å². The van der Waals surface area contributed by atoms with Crippen molar-refractivity contribution in [3.05, 3.63) is 94.8 Å². The van der Waals surface area contributed by atoms with E-state index in [2.05, 4.69) is 4.98 Å². The van der Waals surface area contributed by atoms with Gasteiger partial charge in [0.1, 0.15) is 0 Å². The van der Waals surface area contributed by atoms with Crippen LogP contribution in [0.5, 0.6) is 0 Å². The number of hydrogen-bond donors (Lipinski definition) is 0. The van der Waals surface area contributed by atoms with Crippen LogP contribution in [0.3, 0.4) is 0 Å². The first-order chi connectivity index (χ1) is 12.0. The molecule has 0 aliphatic heterocycles. The van der Waals surface area contributed by atoms with Gasteiger partial charge in [-0.05, 0) is 42.3 Å². The lowest BCUT2D eigenvalue weighted by Gasteiger charge is -2.18. The van der Waals surface area contributed by atoms with Gasteiger partial charge in [-0.25, -0.2) is 8.42 Å². The molecule has 1 unspecified atom stereocenters. The molecule has 25 heavy (non-hydrogen) atoms. The topological polar surface area (TPSA) is 47.0 Å². The molecule has 1 aromatic heterocycles. The second-order valence-corrected chi connectivity index (χ2v) is 8.34. The smallest absolute Gasteiger partial charge is 0.180 e. The van der Waals surface area contributed by atoms with Crippen LogP contribution in [0.2, 0.25) is 5.02 Å². The molecule has 0 aliphatic carbocycles.